The number of hydrogen-bond donors (Lipinski definition) is 0. The lowest BCUT2D eigenvalue weighted by molar-refractivity contribution is -0.132. The van der Waals surface area contributed by atoms with E-state index in [-0.39, 0.29) is 31.7 Å². The van der Waals surface area contributed by atoms with Crippen molar-refractivity contribution in [2.75, 3.05) is 33.5 Å². The molecule has 1 atom stereocenters. The van der Waals surface area contributed by atoms with E-state index in [1.807, 2.05) is 42.5 Å². The normalized spacial score (nSPS) is 17.1. The molecular weight excluding hydrogens is 462 g/mol. The van der Waals surface area contributed by atoms with Gasteiger partial charge in [0, 0.05) is 24.8 Å². The summed E-state index contributed by atoms with van der Waals surface area (Å²) >= 11 is 0. The third-order valence-electron chi connectivity index (χ3n) is 6.13. The van der Waals surface area contributed by atoms with Crippen LogP contribution in [0.1, 0.15) is 21.6 Å². The minimum atomic E-state index is -0.399. The summed E-state index contributed by atoms with van der Waals surface area (Å²) in [5.41, 5.74) is 2.14. The molecule has 1 saturated heterocycles. The molecule has 5 rings (SSSR count). The number of methoxy groups -OCH3 is 1. The number of amides is 2. The van der Waals surface area contributed by atoms with Crippen LogP contribution >= 0.6 is 0 Å². The van der Waals surface area contributed by atoms with Crippen LogP contribution in [0.5, 0.6) is 17.2 Å². The summed E-state index contributed by atoms with van der Waals surface area (Å²) in [5, 5.41) is 0. The molecule has 3 aromatic rings. The Kier molecular flexibility index (Phi) is 6.99. The molecular formula is C27H27N3O6. The van der Waals surface area contributed by atoms with E-state index in [1.165, 1.54) is 4.90 Å². The summed E-state index contributed by atoms with van der Waals surface area (Å²) in [4.78, 5) is 34.3. The molecule has 9 heteroatoms. The van der Waals surface area contributed by atoms with E-state index in [4.69, 9.17) is 18.9 Å². The standard InChI is InChI=1S/C27H27N3O6/c1-33-22-7-4-5-19(11-22)17-34-23-14-29(13-21-6-2-3-10-28-21)26(31)16-30(15-23)27(32)20-8-9-24-25(12-20)36-18-35-24/h2-12,23H,13-18H2,1H3/t23-/m0/s1. The Labute approximate surface area is 209 Å². The SMILES string of the molecule is COc1cccc(CO[C@H]2CN(Cc3ccccn3)C(=O)CN(C(=O)c3ccc4c(c3)OCO4)C2)c1. The number of benzene rings is 2. The number of aromatic nitrogens is 1. The van der Waals surface area contributed by atoms with Gasteiger partial charge < -0.3 is 28.7 Å². The fraction of sp³-hybridized carbons (Fsp3) is 0.296. The van der Waals surface area contributed by atoms with Crippen molar-refractivity contribution in [1.82, 2.24) is 14.8 Å². The Morgan fingerprint density at radius 2 is 1.94 bits per heavy atom. The van der Waals surface area contributed by atoms with Gasteiger partial charge in [-0.2, -0.15) is 0 Å². The number of fused-ring (bicyclic) bond motifs is 1. The second-order valence-corrected chi connectivity index (χ2v) is 8.63. The number of nitrogens with zero attached hydrogens (tertiary/aromatic N) is 3. The molecule has 0 radical (unpaired) electrons. The highest BCUT2D eigenvalue weighted by molar-refractivity contribution is 5.97. The van der Waals surface area contributed by atoms with Crippen LogP contribution in [0.15, 0.2) is 66.9 Å². The van der Waals surface area contributed by atoms with Crippen molar-refractivity contribution >= 4 is 11.8 Å². The van der Waals surface area contributed by atoms with E-state index in [2.05, 4.69) is 4.98 Å². The lowest BCUT2D eigenvalue weighted by Crippen LogP contribution is -2.39. The number of pyridine rings is 1. The average Bonchev–Trinajstić information content (AvgIpc) is 3.33. The maximum atomic E-state index is 13.4. The van der Waals surface area contributed by atoms with Gasteiger partial charge in [-0.1, -0.05) is 18.2 Å². The number of ether oxygens (including phenoxy) is 4. The van der Waals surface area contributed by atoms with Crippen LogP contribution in [0, 0.1) is 0 Å². The summed E-state index contributed by atoms with van der Waals surface area (Å²) in [7, 11) is 1.62. The van der Waals surface area contributed by atoms with E-state index < -0.39 is 6.10 Å². The summed E-state index contributed by atoms with van der Waals surface area (Å²) in [6.45, 7) is 1.33. The minimum absolute atomic E-state index is 0.0564. The summed E-state index contributed by atoms with van der Waals surface area (Å²) < 4.78 is 22.3. The molecule has 0 aliphatic carbocycles. The Balaban J connectivity index is 1.36. The summed E-state index contributed by atoms with van der Waals surface area (Å²) in [6.07, 6.45) is 1.30. The molecule has 0 spiro atoms. The minimum Gasteiger partial charge on any atom is -0.497 e. The molecule has 0 unspecified atom stereocenters. The molecule has 186 valence electrons. The Bertz CT molecular complexity index is 1240. The molecule has 0 bridgehead atoms. The number of carbonyl (C=O) groups excluding carboxylic acids is 2. The smallest absolute Gasteiger partial charge is 0.254 e. The van der Waals surface area contributed by atoms with Crippen molar-refractivity contribution in [2.45, 2.75) is 19.3 Å². The first-order chi connectivity index (χ1) is 17.6. The maximum Gasteiger partial charge on any atom is 0.254 e. The molecule has 2 aromatic carbocycles. The third-order valence-corrected chi connectivity index (χ3v) is 6.13. The number of rotatable bonds is 7. The average molecular weight is 490 g/mol. The predicted octanol–water partition coefficient (Wildman–Crippen LogP) is 2.89. The van der Waals surface area contributed by atoms with Crippen LogP contribution in [-0.4, -0.2) is 66.2 Å². The monoisotopic (exact) mass is 489 g/mol. The summed E-state index contributed by atoms with van der Waals surface area (Å²) in [5.74, 6) is 1.42. The first kappa shape index (κ1) is 23.6. The quantitative estimate of drug-likeness (QED) is 0.504. The van der Waals surface area contributed by atoms with Crippen LogP contribution < -0.4 is 14.2 Å². The molecule has 0 N–H and O–H groups in total. The van der Waals surface area contributed by atoms with Crippen molar-refractivity contribution in [1.29, 1.82) is 0 Å². The summed E-state index contributed by atoms with van der Waals surface area (Å²) in [6, 6.07) is 18.3. The Morgan fingerprint density at radius 1 is 1.06 bits per heavy atom. The fourth-order valence-corrected chi connectivity index (χ4v) is 4.27. The molecule has 2 aliphatic rings. The molecule has 36 heavy (non-hydrogen) atoms. The van der Waals surface area contributed by atoms with E-state index >= 15 is 0 Å². The van der Waals surface area contributed by atoms with Crippen LogP contribution in [0.4, 0.5) is 0 Å². The lowest BCUT2D eigenvalue weighted by Gasteiger charge is -2.25. The largest absolute Gasteiger partial charge is 0.497 e. The van der Waals surface area contributed by atoms with Gasteiger partial charge in [0.15, 0.2) is 11.5 Å². The third kappa shape index (κ3) is 5.41. The van der Waals surface area contributed by atoms with Crippen LogP contribution in [0.25, 0.3) is 0 Å². The topological polar surface area (TPSA) is 90.4 Å². The van der Waals surface area contributed by atoms with E-state index in [1.54, 1.807) is 36.4 Å². The highest BCUT2D eigenvalue weighted by atomic mass is 16.7. The van der Waals surface area contributed by atoms with Gasteiger partial charge in [0.2, 0.25) is 12.7 Å². The van der Waals surface area contributed by atoms with E-state index in [0.717, 1.165) is 17.0 Å². The Morgan fingerprint density at radius 3 is 2.78 bits per heavy atom. The van der Waals surface area contributed by atoms with Crippen molar-refractivity contribution in [3.05, 3.63) is 83.7 Å². The van der Waals surface area contributed by atoms with Gasteiger partial charge in [-0.05, 0) is 48.0 Å². The zero-order valence-corrected chi connectivity index (χ0v) is 20.0. The highest BCUT2D eigenvalue weighted by Gasteiger charge is 2.32. The van der Waals surface area contributed by atoms with Crippen LogP contribution in [0.3, 0.4) is 0 Å². The first-order valence-electron chi connectivity index (χ1n) is 11.7. The maximum absolute atomic E-state index is 13.4. The molecule has 2 aliphatic heterocycles. The lowest BCUT2D eigenvalue weighted by atomic mass is 10.1. The first-order valence-corrected chi connectivity index (χ1v) is 11.7. The zero-order chi connectivity index (χ0) is 24.9. The molecule has 1 fully saturated rings. The molecule has 2 amide bonds. The van der Waals surface area contributed by atoms with Crippen molar-refractivity contribution in [2.24, 2.45) is 0 Å². The second kappa shape index (κ2) is 10.7. The van der Waals surface area contributed by atoms with Gasteiger partial charge in [0.25, 0.3) is 5.91 Å². The van der Waals surface area contributed by atoms with E-state index in [0.29, 0.717) is 36.8 Å². The van der Waals surface area contributed by atoms with Crippen LogP contribution in [-0.2, 0) is 22.7 Å². The predicted molar refractivity (Wildman–Crippen MR) is 130 cm³/mol. The van der Waals surface area contributed by atoms with Gasteiger partial charge in [0.1, 0.15) is 12.3 Å². The van der Waals surface area contributed by atoms with Crippen molar-refractivity contribution in [3.8, 4) is 17.2 Å². The zero-order valence-electron chi connectivity index (χ0n) is 20.0. The molecule has 9 nitrogen and oxygen atoms in total. The van der Waals surface area contributed by atoms with Crippen molar-refractivity contribution in [3.63, 3.8) is 0 Å². The second-order valence-electron chi connectivity index (χ2n) is 8.63. The van der Waals surface area contributed by atoms with Gasteiger partial charge in [-0.15, -0.1) is 0 Å². The van der Waals surface area contributed by atoms with Gasteiger partial charge >= 0.3 is 0 Å². The van der Waals surface area contributed by atoms with Gasteiger partial charge in [0.05, 0.1) is 32.1 Å². The molecule has 3 heterocycles. The van der Waals surface area contributed by atoms with Gasteiger partial charge in [-0.25, -0.2) is 0 Å². The number of carbonyl (C=O) groups is 2. The Hall–Kier alpha value is -4.11. The molecule has 1 aromatic heterocycles. The van der Waals surface area contributed by atoms with Crippen LogP contribution in [0.2, 0.25) is 0 Å². The fourth-order valence-electron chi connectivity index (χ4n) is 4.27. The highest BCUT2D eigenvalue weighted by Crippen LogP contribution is 2.33. The molecule has 0 saturated carbocycles. The van der Waals surface area contributed by atoms with E-state index in [9.17, 15) is 9.59 Å². The number of hydrogen-bond acceptors (Lipinski definition) is 7. The van der Waals surface area contributed by atoms with Crippen molar-refractivity contribution < 1.29 is 28.5 Å². The van der Waals surface area contributed by atoms with Gasteiger partial charge in [-0.3, -0.25) is 14.6 Å².